The molecule has 4 aromatic rings. The van der Waals surface area contributed by atoms with Crippen molar-refractivity contribution >= 4 is 22.6 Å². The lowest BCUT2D eigenvalue weighted by atomic mass is 10.3. The molecule has 4 rings (SSSR count). The first-order valence-corrected chi connectivity index (χ1v) is 10.1. The molecule has 1 N–H and O–H groups in total. The normalized spacial score (nSPS) is 11.1. The van der Waals surface area contributed by atoms with Crippen molar-refractivity contribution in [3.63, 3.8) is 0 Å². The number of ether oxygens (including phenoxy) is 1. The Kier molecular flexibility index (Phi) is 5.67. The molecule has 3 heterocycles. The van der Waals surface area contributed by atoms with E-state index in [4.69, 9.17) is 9.15 Å². The van der Waals surface area contributed by atoms with Gasteiger partial charge in [-0.2, -0.15) is 5.10 Å². The number of nitrogens with one attached hydrogen (secondary N) is 1. The Hall–Kier alpha value is -4.08. The van der Waals surface area contributed by atoms with E-state index in [1.54, 1.807) is 48.0 Å². The van der Waals surface area contributed by atoms with Crippen LogP contribution in [0, 0.1) is 6.92 Å². The van der Waals surface area contributed by atoms with E-state index in [0.717, 1.165) is 4.57 Å². The molecule has 3 aromatic heterocycles. The first kappa shape index (κ1) is 21.2. The van der Waals surface area contributed by atoms with Crippen LogP contribution in [-0.4, -0.2) is 31.9 Å². The Balaban J connectivity index is 1.82. The number of methoxy groups -OCH3 is 1. The van der Waals surface area contributed by atoms with Crippen molar-refractivity contribution in [3.8, 4) is 5.75 Å². The molecule has 32 heavy (non-hydrogen) atoms. The fraction of sp³-hybridized carbons (Fsp3) is 0.273. The van der Waals surface area contributed by atoms with E-state index in [2.05, 4.69) is 10.4 Å². The van der Waals surface area contributed by atoms with E-state index >= 15 is 0 Å². The standard InChI is InChI=1S/C22H23N5O5/c1-4-27-20-19(14(2)24-27)25(13-18(28)23-16-9-5-6-10-17(16)31-3)22(30)26(21(20)29)12-15-8-7-11-32-15/h5-11H,4,12-13H2,1-3H3,(H,23,28). The van der Waals surface area contributed by atoms with Crippen LogP contribution in [-0.2, 0) is 24.4 Å². The van der Waals surface area contributed by atoms with Gasteiger partial charge in [-0.05, 0) is 38.1 Å². The van der Waals surface area contributed by atoms with E-state index in [-0.39, 0.29) is 18.6 Å². The second-order valence-corrected chi connectivity index (χ2v) is 7.19. The number of carbonyl (C=O) groups excluding carboxylic acids is 1. The second kappa shape index (κ2) is 8.58. The van der Waals surface area contributed by atoms with Gasteiger partial charge >= 0.3 is 5.69 Å². The number of carbonyl (C=O) groups is 1. The molecule has 0 spiro atoms. The zero-order valence-electron chi connectivity index (χ0n) is 18.0. The Bertz CT molecular complexity index is 1390. The van der Waals surface area contributed by atoms with Gasteiger partial charge in [-0.1, -0.05) is 12.1 Å². The minimum atomic E-state index is -0.618. The van der Waals surface area contributed by atoms with Gasteiger partial charge in [-0.25, -0.2) is 4.79 Å². The smallest absolute Gasteiger partial charge is 0.332 e. The van der Waals surface area contributed by atoms with Gasteiger partial charge in [0.15, 0.2) is 5.52 Å². The number of aromatic nitrogens is 4. The topological polar surface area (TPSA) is 113 Å². The number of para-hydroxylation sites is 2. The van der Waals surface area contributed by atoms with Crippen LogP contribution >= 0.6 is 0 Å². The fourth-order valence-corrected chi connectivity index (χ4v) is 3.72. The monoisotopic (exact) mass is 437 g/mol. The maximum atomic E-state index is 13.3. The number of anilines is 1. The van der Waals surface area contributed by atoms with Crippen molar-refractivity contribution in [2.75, 3.05) is 12.4 Å². The molecule has 1 amide bonds. The summed E-state index contributed by atoms with van der Waals surface area (Å²) in [6.07, 6.45) is 1.47. The number of rotatable bonds is 7. The number of fused-ring (bicyclic) bond motifs is 1. The van der Waals surface area contributed by atoms with E-state index < -0.39 is 17.2 Å². The van der Waals surface area contributed by atoms with Gasteiger partial charge < -0.3 is 14.5 Å². The average molecular weight is 437 g/mol. The predicted octanol–water partition coefficient (Wildman–Crippen LogP) is 1.98. The highest BCUT2D eigenvalue weighted by Crippen LogP contribution is 2.23. The number of aryl methyl sites for hydroxylation is 2. The summed E-state index contributed by atoms with van der Waals surface area (Å²) >= 11 is 0. The fourth-order valence-electron chi connectivity index (χ4n) is 3.72. The molecule has 0 fully saturated rings. The van der Waals surface area contributed by atoms with Crippen molar-refractivity contribution in [2.24, 2.45) is 0 Å². The van der Waals surface area contributed by atoms with Crippen molar-refractivity contribution in [2.45, 2.75) is 33.5 Å². The van der Waals surface area contributed by atoms with Crippen molar-refractivity contribution < 1.29 is 13.9 Å². The lowest BCUT2D eigenvalue weighted by molar-refractivity contribution is -0.116. The molecule has 0 saturated carbocycles. The second-order valence-electron chi connectivity index (χ2n) is 7.19. The predicted molar refractivity (Wildman–Crippen MR) is 118 cm³/mol. The summed E-state index contributed by atoms with van der Waals surface area (Å²) in [5, 5.41) is 7.16. The third kappa shape index (κ3) is 3.70. The van der Waals surface area contributed by atoms with Gasteiger partial charge in [-0.3, -0.25) is 23.4 Å². The lowest BCUT2D eigenvalue weighted by Gasteiger charge is -2.14. The highest BCUT2D eigenvalue weighted by Gasteiger charge is 2.22. The van der Waals surface area contributed by atoms with E-state index in [0.29, 0.717) is 35.0 Å². The van der Waals surface area contributed by atoms with Crippen molar-refractivity contribution in [1.82, 2.24) is 18.9 Å². The molecule has 0 aliphatic heterocycles. The molecule has 0 aliphatic carbocycles. The molecular formula is C22H23N5O5. The van der Waals surface area contributed by atoms with E-state index in [1.807, 2.05) is 6.92 Å². The van der Waals surface area contributed by atoms with Crippen LogP contribution in [0.15, 0.2) is 56.7 Å². The molecular weight excluding hydrogens is 414 g/mol. The molecule has 0 atom stereocenters. The molecule has 0 unspecified atom stereocenters. The van der Waals surface area contributed by atoms with E-state index in [9.17, 15) is 14.4 Å². The summed E-state index contributed by atoms with van der Waals surface area (Å²) in [4.78, 5) is 39.4. The molecule has 10 heteroatoms. The molecule has 0 bridgehead atoms. The molecule has 0 aliphatic rings. The Morgan fingerprint density at radius 3 is 2.59 bits per heavy atom. The summed E-state index contributed by atoms with van der Waals surface area (Å²) in [6.45, 7) is 3.64. The molecule has 0 radical (unpaired) electrons. The first-order chi connectivity index (χ1) is 15.4. The molecule has 10 nitrogen and oxygen atoms in total. The maximum Gasteiger partial charge on any atom is 0.332 e. The summed E-state index contributed by atoms with van der Waals surface area (Å²) in [5.74, 6) is 0.508. The molecule has 1 aromatic carbocycles. The minimum Gasteiger partial charge on any atom is -0.495 e. The van der Waals surface area contributed by atoms with Crippen LogP contribution in [0.25, 0.3) is 11.0 Å². The van der Waals surface area contributed by atoms with Gasteiger partial charge in [0.2, 0.25) is 5.91 Å². The van der Waals surface area contributed by atoms with Crippen LogP contribution in [0.3, 0.4) is 0 Å². The summed E-state index contributed by atoms with van der Waals surface area (Å²) in [5.41, 5.74) is 0.479. The summed E-state index contributed by atoms with van der Waals surface area (Å²) in [6, 6.07) is 10.3. The van der Waals surface area contributed by atoms with Crippen molar-refractivity contribution in [3.05, 3.63) is 75.0 Å². The number of furan rings is 1. The Morgan fingerprint density at radius 1 is 1.12 bits per heavy atom. The minimum absolute atomic E-state index is 0.0529. The van der Waals surface area contributed by atoms with Gasteiger partial charge in [0.1, 0.15) is 23.6 Å². The first-order valence-electron chi connectivity index (χ1n) is 10.1. The number of amides is 1. The van der Waals surface area contributed by atoms with Crippen LogP contribution < -0.4 is 21.3 Å². The van der Waals surface area contributed by atoms with Crippen LogP contribution in [0.1, 0.15) is 18.4 Å². The largest absolute Gasteiger partial charge is 0.495 e. The number of hydrogen-bond acceptors (Lipinski definition) is 6. The third-order valence-electron chi connectivity index (χ3n) is 5.15. The Morgan fingerprint density at radius 2 is 1.91 bits per heavy atom. The van der Waals surface area contributed by atoms with Crippen LogP contribution in [0.2, 0.25) is 0 Å². The highest BCUT2D eigenvalue weighted by atomic mass is 16.5. The Labute approximate surface area is 182 Å². The van der Waals surface area contributed by atoms with Crippen LogP contribution in [0.4, 0.5) is 5.69 Å². The zero-order chi connectivity index (χ0) is 22.8. The SMILES string of the molecule is CCn1nc(C)c2c1c(=O)n(Cc1ccco1)c(=O)n2CC(=O)Nc1ccccc1OC. The highest BCUT2D eigenvalue weighted by molar-refractivity contribution is 5.93. The summed E-state index contributed by atoms with van der Waals surface area (Å²) in [7, 11) is 1.51. The maximum absolute atomic E-state index is 13.3. The van der Waals surface area contributed by atoms with Gasteiger partial charge in [0.05, 0.1) is 31.3 Å². The number of benzene rings is 1. The van der Waals surface area contributed by atoms with Gasteiger partial charge in [0.25, 0.3) is 5.56 Å². The van der Waals surface area contributed by atoms with Gasteiger partial charge in [0, 0.05) is 6.54 Å². The zero-order valence-corrected chi connectivity index (χ0v) is 18.0. The quantitative estimate of drug-likeness (QED) is 0.473. The number of hydrogen-bond donors (Lipinski definition) is 1. The lowest BCUT2D eigenvalue weighted by Crippen LogP contribution is -2.42. The molecule has 166 valence electrons. The average Bonchev–Trinajstić information content (AvgIpc) is 3.42. The molecule has 0 saturated heterocycles. The van der Waals surface area contributed by atoms with Crippen molar-refractivity contribution in [1.29, 1.82) is 0 Å². The third-order valence-corrected chi connectivity index (χ3v) is 5.15. The summed E-state index contributed by atoms with van der Waals surface area (Å²) < 4.78 is 14.5. The van der Waals surface area contributed by atoms with E-state index in [1.165, 1.54) is 17.9 Å². The number of nitrogens with zero attached hydrogens (tertiary/aromatic N) is 4. The van der Waals surface area contributed by atoms with Gasteiger partial charge in [-0.15, -0.1) is 0 Å². The van der Waals surface area contributed by atoms with Crippen LogP contribution in [0.5, 0.6) is 5.75 Å².